The molecule has 1 aromatic carbocycles. The average molecular weight is 438 g/mol. The highest BCUT2D eigenvalue weighted by molar-refractivity contribution is 5.82. The van der Waals surface area contributed by atoms with E-state index in [1.807, 2.05) is 41.0 Å². The fraction of sp³-hybridized carbons (Fsp3) is 0.520. The summed E-state index contributed by atoms with van der Waals surface area (Å²) in [6.45, 7) is 1.32. The van der Waals surface area contributed by atoms with Gasteiger partial charge in [-0.2, -0.15) is 0 Å². The van der Waals surface area contributed by atoms with E-state index in [0.29, 0.717) is 18.0 Å². The van der Waals surface area contributed by atoms with Gasteiger partial charge in [0.25, 0.3) is 5.56 Å². The van der Waals surface area contributed by atoms with E-state index in [-0.39, 0.29) is 42.0 Å². The van der Waals surface area contributed by atoms with E-state index in [0.717, 1.165) is 23.6 Å². The number of aromatic nitrogens is 1. The van der Waals surface area contributed by atoms with Crippen LogP contribution in [0, 0.1) is 17.8 Å². The molecule has 7 nitrogen and oxygen atoms in total. The van der Waals surface area contributed by atoms with E-state index < -0.39 is 0 Å². The summed E-state index contributed by atoms with van der Waals surface area (Å²) in [6.07, 6.45) is 2.37. The molecule has 5 rings (SSSR count). The Morgan fingerprint density at radius 1 is 1.16 bits per heavy atom. The lowest BCUT2D eigenvalue weighted by Crippen LogP contribution is -2.48. The molecule has 4 atom stereocenters. The molecule has 0 spiro atoms. The van der Waals surface area contributed by atoms with E-state index in [2.05, 4.69) is 4.90 Å². The highest BCUT2D eigenvalue weighted by atomic mass is 16.5. The molecule has 0 radical (unpaired) electrons. The van der Waals surface area contributed by atoms with Gasteiger partial charge in [-0.25, -0.2) is 0 Å². The first-order valence-electron chi connectivity index (χ1n) is 11.4. The van der Waals surface area contributed by atoms with Gasteiger partial charge in [0, 0.05) is 56.9 Å². The van der Waals surface area contributed by atoms with Crippen molar-refractivity contribution in [2.45, 2.75) is 31.5 Å². The van der Waals surface area contributed by atoms with E-state index in [1.165, 1.54) is 12.8 Å². The maximum Gasteiger partial charge on any atom is 0.258 e. The van der Waals surface area contributed by atoms with Gasteiger partial charge in [0.2, 0.25) is 5.91 Å². The predicted octanol–water partition coefficient (Wildman–Crippen LogP) is 1.99. The number of fused-ring (bicyclic) bond motifs is 3. The normalized spacial score (nSPS) is 26.6. The van der Waals surface area contributed by atoms with Crippen LogP contribution in [0.5, 0.6) is 5.75 Å². The third kappa shape index (κ3) is 3.35. The van der Waals surface area contributed by atoms with Crippen molar-refractivity contribution in [2.75, 3.05) is 34.4 Å². The maximum absolute atomic E-state index is 13.5. The molecule has 3 heterocycles. The number of aliphatic hydroxyl groups excluding tert-OH is 1. The summed E-state index contributed by atoms with van der Waals surface area (Å²) < 4.78 is 7.10. The molecule has 2 fully saturated rings. The lowest BCUT2D eigenvalue weighted by molar-refractivity contribution is -0.135. The van der Waals surface area contributed by atoms with Crippen LogP contribution in [-0.2, 0) is 11.3 Å². The van der Waals surface area contributed by atoms with Gasteiger partial charge in [-0.15, -0.1) is 0 Å². The molecule has 1 aromatic heterocycles. The van der Waals surface area contributed by atoms with Crippen LogP contribution in [0.4, 0.5) is 0 Å². The molecule has 1 aliphatic carbocycles. The highest BCUT2D eigenvalue weighted by Crippen LogP contribution is 2.51. The van der Waals surface area contributed by atoms with Crippen LogP contribution in [0.25, 0.3) is 11.1 Å². The van der Waals surface area contributed by atoms with Crippen molar-refractivity contribution < 1.29 is 14.6 Å². The molecular formula is C25H31N3O4. The van der Waals surface area contributed by atoms with Crippen molar-refractivity contribution in [3.63, 3.8) is 0 Å². The minimum atomic E-state index is -0.337. The van der Waals surface area contributed by atoms with E-state index >= 15 is 0 Å². The second-order valence-electron chi connectivity index (χ2n) is 9.59. The van der Waals surface area contributed by atoms with Crippen LogP contribution < -0.4 is 10.3 Å². The number of carbonyl (C=O) groups is 1. The second kappa shape index (κ2) is 8.05. The lowest BCUT2D eigenvalue weighted by atomic mass is 9.88. The third-order valence-electron chi connectivity index (χ3n) is 7.45. The summed E-state index contributed by atoms with van der Waals surface area (Å²) in [4.78, 5) is 30.5. The first-order valence-corrected chi connectivity index (χ1v) is 11.4. The van der Waals surface area contributed by atoms with Gasteiger partial charge in [-0.05, 0) is 48.6 Å². The number of ether oxygens (including phenoxy) is 1. The number of amides is 1. The largest absolute Gasteiger partial charge is 0.497 e. The van der Waals surface area contributed by atoms with Gasteiger partial charge < -0.3 is 19.3 Å². The van der Waals surface area contributed by atoms with E-state index in [1.54, 1.807) is 26.1 Å². The number of benzene rings is 1. The number of hydrogen-bond acceptors (Lipinski definition) is 5. The van der Waals surface area contributed by atoms with Gasteiger partial charge in [-0.3, -0.25) is 14.5 Å². The zero-order valence-electron chi connectivity index (χ0n) is 18.9. The Bertz CT molecular complexity index is 1070. The number of likely N-dealkylation sites (N-methyl/N-ethyl adjacent to an activating group) is 1. The SMILES string of the molecule is COc1ccc(-c2ccc3n(c2=O)C[C@@H]2[C@@H](CO)[C@H](C(=O)N(C)C)N(CC4CC4)[C@H]32)cc1. The quantitative estimate of drug-likeness (QED) is 0.748. The zero-order valence-corrected chi connectivity index (χ0v) is 18.9. The number of likely N-dealkylation sites (tertiary alicyclic amines) is 1. The van der Waals surface area contributed by atoms with Crippen LogP contribution in [0.15, 0.2) is 41.2 Å². The summed E-state index contributed by atoms with van der Waals surface area (Å²) in [6, 6.07) is 11.1. The molecule has 2 aliphatic heterocycles. The number of rotatable bonds is 6. The molecule has 170 valence electrons. The molecule has 3 aliphatic rings. The van der Waals surface area contributed by atoms with Crippen LogP contribution in [-0.4, -0.2) is 65.8 Å². The number of hydrogen-bond donors (Lipinski definition) is 1. The van der Waals surface area contributed by atoms with Crippen molar-refractivity contribution in [3.8, 4) is 16.9 Å². The number of aliphatic hydroxyl groups is 1. The Balaban J connectivity index is 1.55. The minimum Gasteiger partial charge on any atom is -0.497 e. The molecule has 0 bridgehead atoms. The average Bonchev–Trinajstić information content (AvgIpc) is 3.46. The number of pyridine rings is 1. The summed E-state index contributed by atoms with van der Waals surface area (Å²) in [5.41, 5.74) is 2.47. The molecule has 0 unspecified atom stereocenters. The van der Waals surface area contributed by atoms with Crippen molar-refractivity contribution in [1.29, 1.82) is 0 Å². The maximum atomic E-state index is 13.5. The monoisotopic (exact) mass is 437 g/mol. The summed E-state index contributed by atoms with van der Waals surface area (Å²) >= 11 is 0. The molecule has 32 heavy (non-hydrogen) atoms. The first-order chi connectivity index (χ1) is 15.4. The number of carbonyl (C=O) groups excluding carboxylic acids is 1. The predicted molar refractivity (Wildman–Crippen MR) is 121 cm³/mol. The van der Waals surface area contributed by atoms with E-state index in [4.69, 9.17) is 4.74 Å². The molecular weight excluding hydrogens is 406 g/mol. The Kier molecular flexibility index (Phi) is 5.34. The molecule has 1 saturated carbocycles. The topological polar surface area (TPSA) is 75.0 Å². The Hall–Kier alpha value is -2.64. The summed E-state index contributed by atoms with van der Waals surface area (Å²) in [5.74, 6) is 1.26. The smallest absolute Gasteiger partial charge is 0.258 e. The Morgan fingerprint density at radius 3 is 2.47 bits per heavy atom. The Morgan fingerprint density at radius 2 is 1.88 bits per heavy atom. The molecule has 1 N–H and O–H groups in total. The highest BCUT2D eigenvalue weighted by Gasteiger charge is 2.56. The fourth-order valence-corrected chi connectivity index (χ4v) is 5.65. The van der Waals surface area contributed by atoms with Gasteiger partial charge in [0.05, 0.1) is 19.2 Å². The Labute approximate surface area is 188 Å². The van der Waals surface area contributed by atoms with Crippen molar-refractivity contribution in [2.24, 2.45) is 17.8 Å². The minimum absolute atomic E-state index is 0.0133. The van der Waals surface area contributed by atoms with Gasteiger partial charge in [0.15, 0.2) is 0 Å². The second-order valence-corrected chi connectivity index (χ2v) is 9.59. The van der Waals surface area contributed by atoms with Crippen LogP contribution in [0.2, 0.25) is 0 Å². The zero-order chi connectivity index (χ0) is 22.6. The standard InChI is InChI=1S/C25H31N3O4/c1-26(2)25(31)23-20(14-29)19-13-27-21(22(19)28(23)12-15-4-5-15)11-10-18(24(27)30)16-6-8-17(32-3)9-7-16/h6-11,15,19-20,22-23,29H,4-5,12-14H2,1-3H3/t19-,20-,22+,23-/m1/s1. The summed E-state index contributed by atoms with van der Waals surface area (Å²) in [7, 11) is 5.18. The van der Waals surface area contributed by atoms with Crippen molar-refractivity contribution >= 4 is 5.91 Å². The van der Waals surface area contributed by atoms with Crippen LogP contribution in [0.1, 0.15) is 24.6 Å². The van der Waals surface area contributed by atoms with Gasteiger partial charge in [-0.1, -0.05) is 12.1 Å². The third-order valence-corrected chi connectivity index (χ3v) is 7.45. The van der Waals surface area contributed by atoms with Crippen molar-refractivity contribution in [3.05, 3.63) is 52.4 Å². The number of methoxy groups -OCH3 is 1. The fourth-order valence-electron chi connectivity index (χ4n) is 5.65. The first kappa shape index (κ1) is 21.2. The van der Waals surface area contributed by atoms with Gasteiger partial charge >= 0.3 is 0 Å². The molecule has 1 saturated heterocycles. The molecule has 7 heteroatoms. The van der Waals surface area contributed by atoms with Crippen LogP contribution >= 0.6 is 0 Å². The van der Waals surface area contributed by atoms with E-state index in [9.17, 15) is 14.7 Å². The van der Waals surface area contributed by atoms with Crippen LogP contribution in [0.3, 0.4) is 0 Å². The summed E-state index contributed by atoms with van der Waals surface area (Å²) in [5, 5.41) is 10.3. The molecule has 2 aromatic rings. The number of nitrogens with zero attached hydrogens (tertiary/aromatic N) is 3. The molecule has 1 amide bonds. The van der Waals surface area contributed by atoms with Gasteiger partial charge in [0.1, 0.15) is 5.75 Å². The van der Waals surface area contributed by atoms with Crippen molar-refractivity contribution in [1.82, 2.24) is 14.4 Å². The lowest BCUT2D eigenvalue weighted by Gasteiger charge is -2.32.